The molecule has 5 heteroatoms. The molecule has 2 rings (SSSR count). The second-order valence-electron chi connectivity index (χ2n) is 3.17. The van der Waals surface area contributed by atoms with Gasteiger partial charge in [0.1, 0.15) is 0 Å². The first-order valence-electron chi connectivity index (χ1n) is 4.27. The molecule has 0 amide bonds. The second kappa shape index (κ2) is 3.89. The summed E-state index contributed by atoms with van der Waals surface area (Å²) in [6, 6.07) is 7.70. The van der Waals surface area contributed by atoms with Gasteiger partial charge in [0.2, 0.25) is 0 Å². The first-order chi connectivity index (χ1) is 6.97. The third-order valence-electron chi connectivity index (χ3n) is 2.09. The molecule has 1 aromatic carbocycles. The number of aromatic nitrogens is 1. The number of nitrogens with zero attached hydrogens (tertiary/aromatic N) is 1. The van der Waals surface area contributed by atoms with Crippen LogP contribution in [-0.4, -0.2) is 8.49 Å². The number of hydrogen-bond acceptors (Lipinski definition) is 1. The van der Waals surface area contributed by atoms with Crippen LogP contribution in [0.4, 0.5) is 4.39 Å². The fourth-order valence-electron chi connectivity index (χ4n) is 1.51. The Morgan fingerprint density at radius 3 is 2.67 bits per heavy atom. The summed E-state index contributed by atoms with van der Waals surface area (Å²) in [5.74, 6) is 0. The average molecular weight is 264 g/mol. The van der Waals surface area contributed by atoms with E-state index in [4.69, 9.17) is 23.2 Å². The Morgan fingerprint density at radius 1 is 1.33 bits per heavy atom. The number of alkyl halides is 3. The molecular weight excluding hydrogens is 256 g/mol. The van der Waals surface area contributed by atoms with E-state index < -0.39 is 3.92 Å². The zero-order chi connectivity index (χ0) is 11.1. The van der Waals surface area contributed by atoms with Crippen molar-refractivity contribution in [2.45, 2.75) is 8.81 Å². The molecule has 0 saturated carbocycles. The number of halogens is 3. The highest BCUT2D eigenvalue weighted by molar-refractivity contribution is 8.03. The lowest BCUT2D eigenvalue weighted by Gasteiger charge is -2.06. The summed E-state index contributed by atoms with van der Waals surface area (Å²) < 4.78 is 12.7. The Kier molecular flexibility index (Phi) is 2.88. The number of rotatable bonds is 2. The number of fused-ring (bicyclic) bond motifs is 1. The zero-order valence-corrected chi connectivity index (χ0v) is 10.2. The highest BCUT2D eigenvalue weighted by atomic mass is 35.5. The van der Waals surface area contributed by atoms with E-state index >= 15 is 0 Å². The van der Waals surface area contributed by atoms with Crippen molar-refractivity contribution in [1.29, 1.82) is 0 Å². The Balaban J connectivity index is 2.53. The Bertz CT molecular complexity index is 490. The summed E-state index contributed by atoms with van der Waals surface area (Å²) in [6.07, 6.45) is 1.81. The van der Waals surface area contributed by atoms with E-state index in [1.54, 1.807) is 0 Å². The van der Waals surface area contributed by atoms with Gasteiger partial charge in [-0.25, -0.2) is 0 Å². The molecule has 0 atom stereocenters. The highest BCUT2D eigenvalue weighted by Gasteiger charge is 2.25. The molecule has 0 N–H and O–H groups in total. The molecule has 0 radical (unpaired) electrons. The first-order valence-corrected chi connectivity index (χ1v) is 5.84. The smallest absolute Gasteiger partial charge is 0.309 e. The number of aryl methyl sites for hydroxylation is 1. The van der Waals surface area contributed by atoms with Crippen LogP contribution in [-0.2, 0) is 7.05 Å². The SMILES string of the molecule is Cn1cc(SC(F)(Cl)Cl)c2ccccc21. The van der Waals surface area contributed by atoms with Crippen LogP contribution in [0.25, 0.3) is 10.9 Å². The van der Waals surface area contributed by atoms with Crippen LogP contribution in [0, 0.1) is 0 Å². The molecule has 1 aromatic heterocycles. The average Bonchev–Trinajstić information content (AvgIpc) is 2.42. The molecular formula is C10H8Cl2FNS. The van der Waals surface area contributed by atoms with Crippen LogP contribution >= 0.6 is 35.0 Å². The minimum Gasteiger partial charge on any atom is -0.349 e. The van der Waals surface area contributed by atoms with Gasteiger partial charge in [0.05, 0.1) is 0 Å². The quantitative estimate of drug-likeness (QED) is 0.577. The Morgan fingerprint density at radius 2 is 2.00 bits per heavy atom. The molecule has 0 aliphatic rings. The van der Waals surface area contributed by atoms with Crippen LogP contribution in [0.2, 0.25) is 0 Å². The molecule has 0 bridgehead atoms. The molecule has 0 aliphatic carbocycles. The lowest BCUT2D eigenvalue weighted by molar-refractivity contribution is 0.516. The summed E-state index contributed by atoms with van der Waals surface area (Å²) in [4.78, 5) is 0.737. The van der Waals surface area contributed by atoms with Gasteiger partial charge < -0.3 is 4.57 Å². The van der Waals surface area contributed by atoms with Gasteiger partial charge in [-0.05, 0) is 6.07 Å². The maximum absolute atomic E-state index is 13.1. The predicted molar refractivity (Wildman–Crippen MR) is 64.3 cm³/mol. The van der Waals surface area contributed by atoms with Gasteiger partial charge in [0.15, 0.2) is 0 Å². The molecule has 1 nitrogen and oxygen atoms in total. The molecule has 0 fully saturated rings. The lowest BCUT2D eigenvalue weighted by atomic mass is 10.2. The van der Waals surface area contributed by atoms with E-state index in [0.29, 0.717) is 0 Å². The van der Waals surface area contributed by atoms with E-state index in [1.807, 2.05) is 42.1 Å². The third kappa shape index (κ3) is 2.41. The molecule has 0 aliphatic heterocycles. The fraction of sp³-hybridized carbons (Fsp3) is 0.200. The maximum Gasteiger partial charge on any atom is 0.309 e. The molecule has 80 valence electrons. The molecule has 15 heavy (non-hydrogen) atoms. The minimum atomic E-state index is -2.29. The van der Waals surface area contributed by atoms with Crippen LogP contribution < -0.4 is 0 Å². The second-order valence-corrected chi connectivity index (χ2v) is 6.06. The van der Waals surface area contributed by atoms with Gasteiger partial charge in [-0.3, -0.25) is 0 Å². The molecule has 1 heterocycles. The van der Waals surface area contributed by atoms with Gasteiger partial charge in [-0.15, -0.1) is 0 Å². The van der Waals surface area contributed by atoms with E-state index in [-0.39, 0.29) is 0 Å². The monoisotopic (exact) mass is 263 g/mol. The number of thioether (sulfide) groups is 1. The summed E-state index contributed by atoms with van der Waals surface area (Å²) in [5.41, 5.74) is 1.03. The van der Waals surface area contributed by atoms with Crippen LogP contribution in [0.15, 0.2) is 35.4 Å². The zero-order valence-electron chi connectivity index (χ0n) is 7.88. The third-order valence-corrected chi connectivity index (χ3v) is 3.33. The van der Waals surface area contributed by atoms with E-state index in [0.717, 1.165) is 27.6 Å². The Labute approximate surface area is 101 Å². The molecule has 0 saturated heterocycles. The van der Waals surface area contributed by atoms with Gasteiger partial charge >= 0.3 is 3.92 Å². The standard InChI is InChI=1S/C10H8Cl2FNS/c1-14-6-9(15-10(11,12)13)7-4-2-3-5-8(7)14/h2-6H,1H3. The summed E-state index contributed by atoms with van der Waals surface area (Å²) in [6.45, 7) is 0. The highest BCUT2D eigenvalue weighted by Crippen LogP contribution is 2.44. The minimum absolute atomic E-state index is 0.737. The van der Waals surface area contributed by atoms with Gasteiger partial charge in [0.25, 0.3) is 0 Å². The van der Waals surface area contributed by atoms with Gasteiger partial charge in [0, 0.05) is 29.0 Å². The van der Waals surface area contributed by atoms with Crippen LogP contribution in [0.1, 0.15) is 0 Å². The van der Waals surface area contributed by atoms with E-state index in [9.17, 15) is 4.39 Å². The maximum atomic E-state index is 13.1. The van der Waals surface area contributed by atoms with Gasteiger partial charge in [-0.2, -0.15) is 4.39 Å². The summed E-state index contributed by atoms with van der Waals surface area (Å²) >= 11 is 11.5. The number of hydrogen-bond donors (Lipinski definition) is 0. The Hall–Kier alpha value is -0.380. The van der Waals surface area contributed by atoms with Crippen molar-refractivity contribution >= 4 is 45.9 Å². The van der Waals surface area contributed by atoms with E-state index in [1.165, 1.54) is 0 Å². The van der Waals surface area contributed by atoms with Crippen molar-refractivity contribution in [2.75, 3.05) is 0 Å². The largest absolute Gasteiger partial charge is 0.349 e. The van der Waals surface area contributed by atoms with Crippen molar-refractivity contribution in [1.82, 2.24) is 4.57 Å². The first kappa shape index (κ1) is 11.1. The van der Waals surface area contributed by atoms with Crippen molar-refractivity contribution < 1.29 is 4.39 Å². The molecule has 0 spiro atoms. The summed E-state index contributed by atoms with van der Waals surface area (Å²) in [5, 5.41) is 0.952. The van der Waals surface area contributed by atoms with Crippen molar-refractivity contribution in [3.63, 3.8) is 0 Å². The lowest BCUT2D eigenvalue weighted by Crippen LogP contribution is -1.94. The van der Waals surface area contributed by atoms with Crippen LogP contribution in [0.3, 0.4) is 0 Å². The normalized spacial score (nSPS) is 12.3. The van der Waals surface area contributed by atoms with Crippen molar-refractivity contribution in [3.8, 4) is 0 Å². The topological polar surface area (TPSA) is 4.93 Å². The van der Waals surface area contributed by atoms with Crippen molar-refractivity contribution in [3.05, 3.63) is 30.5 Å². The number of benzene rings is 1. The van der Waals surface area contributed by atoms with Gasteiger partial charge in [-0.1, -0.05) is 53.2 Å². The molecule has 2 aromatic rings. The van der Waals surface area contributed by atoms with Crippen molar-refractivity contribution in [2.24, 2.45) is 7.05 Å². The predicted octanol–water partition coefficient (Wildman–Crippen LogP) is 4.33. The summed E-state index contributed by atoms with van der Waals surface area (Å²) in [7, 11) is 1.90. The van der Waals surface area contributed by atoms with E-state index in [2.05, 4.69) is 0 Å². The molecule has 0 unspecified atom stereocenters. The number of para-hydroxylation sites is 1. The fourth-order valence-corrected chi connectivity index (χ4v) is 2.75. The van der Waals surface area contributed by atoms with Crippen LogP contribution in [0.5, 0.6) is 0 Å².